The van der Waals surface area contributed by atoms with Gasteiger partial charge in [0.2, 0.25) is 5.88 Å². The van der Waals surface area contributed by atoms with E-state index in [1.54, 1.807) is 6.07 Å². The standard InChI is InChI=1S/C28H40FNO2/c1-3-5-7-9-10-11-13-20-31-26-18-15-22-23-16-19-27(32-21-12-8-6-4-2)30-25(23)17-14-24(22)28(26)29/h15-16,18-19H,3-14,17,20-21H2,1-2H3. The molecule has 176 valence electrons. The molecule has 0 spiro atoms. The molecule has 0 bridgehead atoms. The molecule has 0 N–H and O–H groups in total. The lowest BCUT2D eigenvalue weighted by molar-refractivity contribution is 0.288. The second kappa shape index (κ2) is 13.4. The van der Waals surface area contributed by atoms with E-state index < -0.39 is 0 Å². The molecule has 0 radical (unpaired) electrons. The van der Waals surface area contributed by atoms with Gasteiger partial charge in [0.05, 0.1) is 18.9 Å². The smallest absolute Gasteiger partial charge is 0.213 e. The summed E-state index contributed by atoms with van der Waals surface area (Å²) in [5, 5.41) is 0. The summed E-state index contributed by atoms with van der Waals surface area (Å²) in [7, 11) is 0. The molecule has 4 heteroatoms. The number of nitrogens with zero attached hydrogens (tertiary/aromatic N) is 1. The Bertz CT molecular complexity index is 836. The molecule has 0 atom stereocenters. The molecule has 0 saturated heterocycles. The largest absolute Gasteiger partial charge is 0.491 e. The minimum Gasteiger partial charge on any atom is -0.491 e. The molecule has 1 heterocycles. The van der Waals surface area contributed by atoms with Crippen LogP contribution in [0.25, 0.3) is 11.1 Å². The van der Waals surface area contributed by atoms with Gasteiger partial charge in [0, 0.05) is 11.6 Å². The number of aryl methyl sites for hydroxylation is 1. The molecule has 0 saturated carbocycles. The molecular weight excluding hydrogens is 401 g/mol. The monoisotopic (exact) mass is 441 g/mol. The van der Waals surface area contributed by atoms with Crippen LogP contribution in [-0.2, 0) is 12.8 Å². The average molecular weight is 442 g/mol. The van der Waals surface area contributed by atoms with E-state index >= 15 is 4.39 Å². The van der Waals surface area contributed by atoms with Crippen molar-refractivity contribution in [3.63, 3.8) is 0 Å². The third kappa shape index (κ3) is 6.95. The van der Waals surface area contributed by atoms with Gasteiger partial charge in [-0.1, -0.05) is 77.7 Å². The summed E-state index contributed by atoms with van der Waals surface area (Å²) in [4.78, 5) is 4.70. The van der Waals surface area contributed by atoms with Gasteiger partial charge < -0.3 is 9.47 Å². The van der Waals surface area contributed by atoms with Crippen molar-refractivity contribution < 1.29 is 13.9 Å². The van der Waals surface area contributed by atoms with Gasteiger partial charge in [-0.3, -0.25) is 0 Å². The van der Waals surface area contributed by atoms with E-state index in [0.717, 1.165) is 48.1 Å². The highest BCUT2D eigenvalue weighted by atomic mass is 19.1. The first kappa shape index (κ1) is 24.5. The zero-order valence-electron chi connectivity index (χ0n) is 20.1. The van der Waals surface area contributed by atoms with Crippen LogP contribution in [0, 0.1) is 5.82 Å². The zero-order valence-corrected chi connectivity index (χ0v) is 20.1. The van der Waals surface area contributed by atoms with Gasteiger partial charge in [-0.05, 0) is 48.9 Å². The maximum Gasteiger partial charge on any atom is 0.213 e. The highest BCUT2D eigenvalue weighted by molar-refractivity contribution is 5.73. The van der Waals surface area contributed by atoms with Crippen molar-refractivity contribution in [2.24, 2.45) is 0 Å². The third-order valence-electron chi connectivity index (χ3n) is 6.31. The van der Waals surface area contributed by atoms with Crippen molar-refractivity contribution >= 4 is 0 Å². The first-order valence-corrected chi connectivity index (χ1v) is 12.8. The van der Waals surface area contributed by atoms with E-state index in [0.29, 0.717) is 31.3 Å². The number of halogens is 1. The maximum atomic E-state index is 15.1. The van der Waals surface area contributed by atoms with Crippen LogP contribution in [0.5, 0.6) is 11.6 Å². The Kier molecular flexibility index (Phi) is 10.3. The molecule has 3 nitrogen and oxygen atoms in total. The molecule has 32 heavy (non-hydrogen) atoms. The summed E-state index contributed by atoms with van der Waals surface area (Å²) in [6, 6.07) is 7.71. The van der Waals surface area contributed by atoms with Crippen LogP contribution in [-0.4, -0.2) is 18.2 Å². The van der Waals surface area contributed by atoms with Crippen molar-refractivity contribution in [1.29, 1.82) is 0 Å². The second-order valence-electron chi connectivity index (χ2n) is 8.93. The van der Waals surface area contributed by atoms with Gasteiger partial charge in [-0.25, -0.2) is 9.37 Å². The summed E-state index contributed by atoms with van der Waals surface area (Å²) < 4.78 is 26.8. The summed E-state index contributed by atoms with van der Waals surface area (Å²) in [6.07, 6.45) is 14.7. The zero-order chi connectivity index (χ0) is 22.6. The second-order valence-corrected chi connectivity index (χ2v) is 8.93. The number of hydrogen-bond acceptors (Lipinski definition) is 3. The predicted molar refractivity (Wildman–Crippen MR) is 130 cm³/mol. The molecule has 1 aliphatic rings. The van der Waals surface area contributed by atoms with Gasteiger partial charge in [0.1, 0.15) is 0 Å². The van der Waals surface area contributed by atoms with Crippen LogP contribution in [0.1, 0.15) is 95.7 Å². The summed E-state index contributed by atoms with van der Waals surface area (Å²) >= 11 is 0. The van der Waals surface area contributed by atoms with E-state index in [1.807, 2.05) is 18.2 Å². The molecule has 0 fully saturated rings. The maximum absolute atomic E-state index is 15.1. The fourth-order valence-electron chi connectivity index (χ4n) is 4.40. The minimum absolute atomic E-state index is 0.202. The quantitative estimate of drug-likeness (QED) is 0.262. The Hall–Kier alpha value is -2.10. The molecular formula is C28H40FNO2. The van der Waals surface area contributed by atoms with Gasteiger partial charge in [0.15, 0.2) is 11.6 Å². The molecule has 0 unspecified atom stereocenters. The summed E-state index contributed by atoms with van der Waals surface area (Å²) in [6.45, 7) is 5.73. The number of aromatic nitrogens is 1. The van der Waals surface area contributed by atoms with Gasteiger partial charge >= 0.3 is 0 Å². The van der Waals surface area contributed by atoms with Gasteiger partial charge in [0.25, 0.3) is 0 Å². The highest BCUT2D eigenvalue weighted by Crippen LogP contribution is 2.38. The normalized spacial score (nSPS) is 12.3. The molecule has 1 aromatic carbocycles. The molecule has 1 aromatic heterocycles. The third-order valence-corrected chi connectivity index (χ3v) is 6.31. The Balaban J connectivity index is 1.53. The fraction of sp³-hybridized carbons (Fsp3) is 0.607. The van der Waals surface area contributed by atoms with Crippen LogP contribution in [0.15, 0.2) is 24.3 Å². The van der Waals surface area contributed by atoms with E-state index in [1.165, 1.54) is 51.4 Å². The number of ether oxygens (including phenoxy) is 2. The van der Waals surface area contributed by atoms with Crippen molar-refractivity contribution in [3.8, 4) is 22.8 Å². The Morgan fingerprint density at radius 1 is 0.719 bits per heavy atom. The molecule has 0 amide bonds. The van der Waals surface area contributed by atoms with Crippen molar-refractivity contribution in [2.45, 2.75) is 97.3 Å². The number of benzene rings is 1. The van der Waals surface area contributed by atoms with Crippen LogP contribution < -0.4 is 9.47 Å². The lowest BCUT2D eigenvalue weighted by Gasteiger charge is -2.21. The Morgan fingerprint density at radius 2 is 1.34 bits per heavy atom. The van der Waals surface area contributed by atoms with Gasteiger partial charge in [-0.2, -0.15) is 0 Å². The van der Waals surface area contributed by atoms with Crippen molar-refractivity contribution in [2.75, 3.05) is 13.2 Å². The number of hydrogen-bond donors (Lipinski definition) is 0. The highest BCUT2D eigenvalue weighted by Gasteiger charge is 2.23. The van der Waals surface area contributed by atoms with Crippen molar-refractivity contribution in [1.82, 2.24) is 4.98 Å². The predicted octanol–water partition coefficient (Wildman–Crippen LogP) is 8.07. The van der Waals surface area contributed by atoms with Crippen molar-refractivity contribution in [3.05, 3.63) is 41.3 Å². The minimum atomic E-state index is -0.202. The lowest BCUT2D eigenvalue weighted by atomic mass is 9.88. The number of fused-ring (bicyclic) bond motifs is 3. The molecule has 1 aliphatic carbocycles. The Labute approximate surface area is 193 Å². The SMILES string of the molecule is CCCCCCCCCOc1ccc2c(c1F)CCc1nc(OCCCCCC)ccc1-2. The van der Waals surface area contributed by atoms with Crippen LogP contribution in [0.2, 0.25) is 0 Å². The Morgan fingerprint density at radius 3 is 2.09 bits per heavy atom. The number of pyridine rings is 1. The number of rotatable bonds is 15. The first-order valence-electron chi connectivity index (χ1n) is 12.8. The summed E-state index contributed by atoms with van der Waals surface area (Å²) in [5.41, 5.74) is 3.71. The summed E-state index contributed by atoms with van der Waals surface area (Å²) in [5.74, 6) is 0.865. The molecule has 3 rings (SSSR count). The first-order chi connectivity index (χ1) is 15.7. The van der Waals surface area contributed by atoms with Crippen LogP contribution in [0.3, 0.4) is 0 Å². The molecule has 2 aromatic rings. The van der Waals surface area contributed by atoms with Gasteiger partial charge in [-0.15, -0.1) is 0 Å². The number of unbranched alkanes of at least 4 members (excludes halogenated alkanes) is 9. The van der Waals surface area contributed by atoms with E-state index in [2.05, 4.69) is 13.8 Å². The van der Waals surface area contributed by atoms with E-state index in [9.17, 15) is 0 Å². The fourth-order valence-corrected chi connectivity index (χ4v) is 4.40. The lowest BCUT2D eigenvalue weighted by Crippen LogP contribution is -2.11. The average Bonchev–Trinajstić information content (AvgIpc) is 2.81. The van der Waals surface area contributed by atoms with E-state index in [-0.39, 0.29) is 5.82 Å². The van der Waals surface area contributed by atoms with Crippen LogP contribution >= 0.6 is 0 Å². The van der Waals surface area contributed by atoms with Crippen LogP contribution in [0.4, 0.5) is 4.39 Å². The van der Waals surface area contributed by atoms with E-state index in [4.69, 9.17) is 14.5 Å². The topological polar surface area (TPSA) is 31.4 Å². The molecule has 0 aliphatic heterocycles.